The van der Waals surface area contributed by atoms with Crippen molar-refractivity contribution in [3.8, 4) is 0 Å². The van der Waals surface area contributed by atoms with Crippen LogP contribution in [0.3, 0.4) is 0 Å². The largest absolute Gasteiger partial charge is 0.464 e. The molecule has 0 fully saturated rings. The van der Waals surface area contributed by atoms with E-state index in [1.54, 1.807) is 21.0 Å². The summed E-state index contributed by atoms with van der Waals surface area (Å²) in [6.07, 6.45) is 0.164. The van der Waals surface area contributed by atoms with Gasteiger partial charge in [0.05, 0.1) is 13.2 Å². The minimum absolute atomic E-state index is 0.113. The lowest BCUT2D eigenvalue weighted by atomic mass is 9.98. The standard InChI is InChI=1S/C18H34N2O5/c1-9-11-25-18(23)20(8)14(12(3)4)16(21)19(7)15(13(5)6)17(22)24-10-2/h12-15H,9-11H2,1-8H3. The molecule has 2 unspecified atom stereocenters. The summed E-state index contributed by atoms with van der Waals surface area (Å²) < 4.78 is 10.2. The molecule has 146 valence electrons. The van der Waals surface area contributed by atoms with Crippen molar-refractivity contribution in [2.45, 2.75) is 60.0 Å². The second-order valence-electron chi connectivity index (χ2n) is 6.80. The molecule has 2 amide bonds. The molecule has 2 atom stereocenters. The lowest BCUT2D eigenvalue weighted by Crippen LogP contribution is -2.56. The normalized spacial score (nSPS) is 13.4. The second kappa shape index (κ2) is 10.9. The van der Waals surface area contributed by atoms with Gasteiger partial charge in [-0.05, 0) is 25.2 Å². The maximum atomic E-state index is 13.0. The number of ether oxygens (including phenoxy) is 2. The Balaban J connectivity index is 5.42. The molecule has 0 saturated carbocycles. The highest BCUT2D eigenvalue weighted by molar-refractivity contribution is 5.89. The molecular weight excluding hydrogens is 324 g/mol. The van der Waals surface area contributed by atoms with Gasteiger partial charge in [0.15, 0.2) is 0 Å². The molecule has 0 saturated heterocycles. The first-order chi connectivity index (χ1) is 11.6. The van der Waals surface area contributed by atoms with Crippen LogP contribution in [0.25, 0.3) is 0 Å². The number of likely N-dealkylation sites (N-methyl/N-ethyl adjacent to an activating group) is 2. The van der Waals surface area contributed by atoms with E-state index in [1.807, 2.05) is 34.6 Å². The van der Waals surface area contributed by atoms with Crippen LogP contribution < -0.4 is 0 Å². The van der Waals surface area contributed by atoms with Crippen molar-refractivity contribution >= 4 is 18.0 Å². The zero-order valence-electron chi connectivity index (χ0n) is 16.9. The Bertz CT molecular complexity index is 451. The van der Waals surface area contributed by atoms with E-state index in [9.17, 15) is 14.4 Å². The van der Waals surface area contributed by atoms with Crippen molar-refractivity contribution in [3.63, 3.8) is 0 Å². The highest BCUT2D eigenvalue weighted by Gasteiger charge is 2.38. The van der Waals surface area contributed by atoms with Crippen LogP contribution in [-0.4, -0.2) is 67.2 Å². The summed E-state index contributed by atoms with van der Waals surface area (Å²) in [6, 6.07) is -1.42. The summed E-state index contributed by atoms with van der Waals surface area (Å²) in [4.78, 5) is 40.1. The molecule has 7 heteroatoms. The quantitative estimate of drug-likeness (QED) is 0.592. The van der Waals surface area contributed by atoms with Gasteiger partial charge in [-0.3, -0.25) is 9.69 Å². The highest BCUT2D eigenvalue weighted by Crippen LogP contribution is 2.18. The third kappa shape index (κ3) is 6.55. The lowest BCUT2D eigenvalue weighted by Gasteiger charge is -2.36. The molecule has 0 radical (unpaired) electrons. The van der Waals surface area contributed by atoms with Gasteiger partial charge in [0.2, 0.25) is 5.91 Å². The van der Waals surface area contributed by atoms with E-state index in [4.69, 9.17) is 9.47 Å². The molecule has 0 aliphatic heterocycles. The number of nitrogens with zero attached hydrogens (tertiary/aromatic N) is 2. The maximum absolute atomic E-state index is 13.0. The van der Waals surface area contributed by atoms with Crippen LogP contribution in [0.4, 0.5) is 4.79 Å². The Labute approximate surface area is 151 Å². The molecule has 0 rings (SSSR count). The predicted octanol–water partition coefficient (Wildman–Crippen LogP) is 2.54. The van der Waals surface area contributed by atoms with Crippen LogP contribution in [-0.2, 0) is 19.1 Å². The van der Waals surface area contributed by atoms with Crippen molar-refractivity contribution in [2.75, 3.05) is 27.3 Å². The molecule has 25 heavy (non-hydrogen) atoms. The van der Waals surface area contributed by atoms with Gasteiger partial charge in [-0.25, -0.2) is 9.59 Å². The van der Waals surface area contributed by atoms with Gasteiger partial charge in [0.1, 0.15) is 12.1 Å². The smallest absolute Gasteiger partial charge is 0.410 e. The molecular formula is C18H34N2O5. The number of esters is 1. The van der Waals surface area contributed by atoms with E-state index in [0.29, 0.717) is 13.0 Å². The average Bonchev–Trinajstić information content (AvgIpc) is 2.51. The van der Waals surface area contributed by atoms with Crippen molar-refractivity contribution < 1.29 is 23.9 Å². The molecule has 0 spiro atoms. The zero-order chi connectivity index (χ0) is 19.7. The Morgan fingerprint density at radius 1 is 0.840 bits per heavy atom. The fourth-order valence-corrected chi connectivity index (χ4v) is 2.75. The monoisotopic (exact) mass is 358 g/mol. The van der Waals surface area contributed by atoms with Gasteiger partial charge in [0.25, 0.3) is 0 Å². The summed E-state index contributed by atoms with van der Waals surface area (Å²) in [5.41, 5.74) is 0. The molecule has 0 N–H and O–H groups in total. The Hall–Kier alpha value is -1.79. The van der Waals surface area contributed by atoms with Gasteiger partial charge < -0.3 is 14.4 Å². The van der Waals surface area contributed by atoms with Gasteiger partial charge in [-0.15, -0.1) is 0 Å². The van der Waals surface area contributed by atoms with Crippen molar-refractivity contribution in [1.82, 2.24) is 9.80 Å². The fraction of sp³-hybridized carbons (Fsp3) is 0.833. The molecule has 0 aromatic carbocycles. The fourth-order valence-electron chi connectivity index (χ4n) is 2.75. The molecule has 0 heterocycles. The number of carbonyl (C=O) groups excluding carboxylic acids is 3. The Morgan fingerprint density at radius 2 is 1.36 bits per heavy atom. The first kappa shape index (κ1) is 23.2. The number of carbonyl (C=O) groups is 3. The summed E-state index contributed by atoms with van der Waals surface area (Å²) in [6.45, 7) is 11.6. The average molecular weight is 358 g/mol. The topological polar surface area (TPSA) is 76.2 Å². The summed E-state index contributed by atoms with van der Waals surface area (Å²) in [7, 11) is 3.12. The predicted molar refractivity (Wildman–Crippen MR) is 96.1 cm³/mol. The minimum atomic E-state index is -0.718. The molecule has 0 aliphatic carbocycles. The van der Waals surface area contributed by atoms with E-state index < -0.39 is 24.1 Å². The number of hydrogen-bond acceptors (Lipinski definition) is 5. The van der Waals surface area contributed by atoms with Crippen LogP contribution in [0.2, 0.25) is 0 Å². The van der Waals surface area contributed by atoms with Crippen LogP contribution in [0.1, 0.15) is 48.0 Å². The molecule has 0 bridgehead atoms. The van der Waals surface area contributed by atoms with Crippen LogP contribution >= 0.6 is 0 Å². The SMILES string of the molecule is CCCOC(=O)N(C)C(C(=O)N(C)C(C(=O)OCC)C(C)C)C(C)C. The van der Waals surface area contributed by atoms with E-state index in [2.05, 4.69) is 0 Å². The summed E-state index contributed by atoms with van der Waals surface area (Å²) in [5.74, 6) is -0.993. The van der Waals surface area contributed by atoms with Gasteiger partial charge in [-0.2, -0.15) is 0 Å². The third-order valence-corrected chi connectivity index (χ3v) is 3.94. The van der Waals surface area contributed by atoms with E-state index in [-0.39, 0.29) is 24.3 Å². The maximum Gasteiger partial charge on any atom is 0.410 e. The first-order valence-corrected chi connectivity index (χ1v) is 8.92. The van der Waals surface area contributed by atoms with Gasteiger partial charge in [0, 0.05) is 14.1 Å². The van der Waals surface area contributed by atoms with Crippen molar-refractivity contribution in [2.24, 2.45) is 11.8 Å². The lowest BCUT2D eigenvalue weighted by molar-refractivity contribution is -0.157. The Morgan fingerprint density at radius 3 is 1.76 bits per heavy atom. The van der Waals surface area contributed by atoms with Crippen molar-refractivity contribution in [1.29, 1.82) is 0 Å². The number of amides is 2. The second-order valence-corrected chi connectivity index (χ2v) is 6.80. The van der Waals surface area contributed by atoms with E-state index >= 15 is 0 Å². The van der Waals surface area contributed by atoms with Crippen LogP contribution in [0, 0.1) is 11.8 Å². The highest BCUT2D eigenvalue weighted by atomic mass is 16.6. The molecule has 0 aromatic rings. The van der Waals surface area contributed by atoms with Gasteiger partial charge in [-0.1, -0.05) is 34.6 Å². The van der Waals surface area contributed by atoms with Gasteiger partial charge >= 0.3 is 12.1 Å². The summed E-state index contributed by atoms with van der Waals surface area (Å²) in [5, 5.41) is 0. The van der Waals surface area contributed by atoms with Crippen LogP contribution in [0.5, 0.6) is 0 Å². The molecule has 0 aromatic heterocycles. The molecule has 7 nitrogen and oxygen atoms in total. The van der Waals surface area contributed by atoms with Crippen LogP contribution in [0.15, 0.2) is 0 Å². The number of rotatable bonds is 9. The number of hydrogen-bond donors (Lipinski definition) is 0. The summed E-state index contributed by atoms with van der Waals surface area (Å²) >= 11 is 0. The Kier molecular flexibility index (Phi) is 10.2. The van der Waals surface area contributed by atoms with Crippen molar-refractivity contribution in [3.05, 3.63) is 0 Å². The zero-order valence-corrected chi connectivity index (χ0v) is 16.9. The van der Waals surface area contributed by atoms with E-state index in [0.717, 1.165) is 0 Å². The third-order valence-electron chi connectivity index (χ3n) is 3.94. The minimum Gasteiger partial charge on any atom is -0.464 e. The molecule has 0 aliphatic rings. The van der Waals surface area contributed by atoms with E-state index in [1.165, 1.54) is 9.80 Å². The first-order valence-electron chi connectivity index (χ1n) is 8.92.